The largest absolute Gasteiger partial charge is 0.311 e. The summed E-state index contributed by atoms with van der Waals surface area (Å²) in [6, 6.07) is 10.5. The van der Waals surface area contributed by atoms with Crippen molar-refractivity contribution >= 4 is 38.9 Å². The zero-order valence-electron chi connectivity index (χ0n) is 16.3. The number of piperidine rings is 1. The lowest BCUT2D eigenvalue weighted by atomic mass is 9.95. The monoisotopic (exact) mass is 490 g/mol. The summed E-state index contributed by atoms with van der Waals surface area (Å²) in [5, 5.41) is 10.1. The second-order valence-electron chi connectivity index (χ2n) is 8.02. The summed E-state index contributed by atoms with van der Waals surface area (Å²) in [5.41, 5.74) is 2.63. The minimum Gasteiger partial charge on any atom is -0.311 e. The lowest BCUT2D eigenvalue weighted by molar-refractivity contribution is 0.209. The van der Waals surface area contributed by atoms with Crippen molar-refractivity contribution in [3.63, 3.8) is 0 Å². The molecule has 0 aliphatic carbocycles. The van der Waals surface area contributed by atoms with Gasteiger partial charge in [-0.2, -0.15) is 0 Å². The second kappa shape index (κ2) is 8.50. The van der Waals surface area contributed by atoms with Gasteiger partial charge in [0.05, 0.1) is 3.79 Å². The molecule has 1 fully saturated rings. The Morgan fingerprint density at radius 1 is 1.10 bits per heavy atom. The van der Waals surface area contributed by atoms with Crippen molar-refractivity contribution < 1.29 is 0 Å². The minimum absolute atomic E-state index is 0.520. The van der Waals surface area contributed by atoms with E-state index < -0.39 is 0 Å². The third-order valence-corrected chi connectivity index (χ3v) is 8.12. The van der Waals surface area contributed by atoms with E-state index in [4.69, 9.17) is 11.6 Å². The van der Waals surface area contributed by atoms with Crippen molar-refractivity contribution in [3.05, 3.63) is 55.4 Å². The molecule has 2 aromatic heterocycles. The van der Waals surface area contributed by atoms with E-state index in [1.165, 1.54) is 38.5 Å². The molecule has 0 bridgehead atoms. The lowest BCUT2D eigenvalue weighted by Crippen LogP contribution is -2.35. The van der Waals surface area contributed by atoms with Crippen molar-refractivity contribution in [1.29, 1.82) is 0 Å². The van der Waals surface area contributed by atoms with Crippen LogP contribution in [0.5, 0.6) is 0 Å². The second-order valence-corrected chi connectivity index (χ2v) is 11.0. The molecule has 4 nitrogen and oxygen atoms in total. The smallest absolute Gasteiger partial charge is 0.165 e. The first-order valence-corrected chi connectivity index (χ1v) is 12.3. The summed E-state index contributed by atoms with van der Waals surface area (Å²) < 4.78 is 3.59. The first-order valence-electron chi connectivity index (χ1n) is 10.4. The van der Waals surface area contributed by atoms with Gasteiger partial charge in [0.1, 0.15) is 5.82 Å². The fraction of sp³-hybridized carbons (Fsp3) is 0.455. The van der Waals surface area contributed by atoms with E-state index in [-0.39, 0.29) is 0 Å². The van der Waals surface area contributed by atoms with E-state index in [1.807, 2.05) is 23.5 Å². The molecule has 4 heterocycles. The van der Waals surface area contributed by atoms with Crippen LogP contribution in [0.4, 0.5) is 0 Å². The van der Waals surface area contributed by atoms with E-state index in [0.29, 0.717) is 5.92 Å². The molecule has 0 N–H and O–H groups in total. The van der Waals surface area contributed by atoms with Crippen LogP contribution in [0.25, 0.3) is 11.4 Å². The predicted molar refractivity (Wildman–Crippen MR) is 123 cm³/mol. The van der Waals surface area contributed by atoms with Gasteiger partial charge < -0.3 is 9.47 Å². The maximum absolute atomic E-state index is 5.99. The highest BCUT2D eigenvalue weighted by molar-refractivity contribution is 9.11. The average molecular weight is 492 g/mol. The van der Waals surface area contributed by atoms with Crippen LogP contribution < -0.4 is 0 Å². The molecule has 29 heavy (non-hydrogen) atoms. The van der Waals surface area contributed by atoms with Crippen molar-refractivity contribution in [2.24, 2.45) is 0 Å². The number of halogens is 2. The van der Waals surface area contributed by atoms with Crippen molar-refractivity contribution in [2.45, 2.75) is 44.6 Å². The Bertz CT molecular complexity index is 989. The van der Waals surface area contributed by atoms with Gasteiger partial charge in [-0.15, -0.1) is 21.5 Å². The van der Waals surface area contributed by atoms with Crippen LogP contribution in [0.1, 0.15) is 41.4 Å². The minimum atomic E-state index is 0.520. The van der Waals surface area contributed by atoms with Gasteiger partial charge >= 0.3 is 0 Å². The first kappa shape index (κ1) is 19.7. The molecule has 0 radical (unpaired) electrons. The molecule has 5 rings (SSSR count). The van der Waals surface area contributed by atoms with Crippen LogP contribution in [-0.2, 0) is 19.4 Å². The van der Waals surface area contributed by atoms with Gasteiger partial charge in [-0.3, -0.25) is 0 Å². The average Bonchev–Trinajstić information content (AvgIpc) is 3.27. The van der Waals surface area contributed by atoms with E-state index in [9.17, 15) is 0 Å². The standard InChI is InChI=1S/C22H24BrClN4S/c23-20-14-18-19(29-20)2-1-10-28-21(25-26-22(18)28)16-8-12-27(13-9-16)11-7-15-3-5-17(24)6-4-15/h3-6,14,16H,1-2,7-13H2. The first-order chi connectivity index (χ1) is 14.2. The van der Waals surface area contributed by atoms with Crippen molar-refractivity contribution in [3.8, 4) is 11.4 Å². The van der Waals surface area contributed by atoms with Gasteiger partial charge in [-0.05, 0) is 84.9 Å². The van der Waals surface area contributed by atoms with E-state index in [0.717, 1.165) is 56.3 Å². The SMILES string of the molecule is Clc1ccc(CCN2CCC(c3nnc4n3CCCc3sc(Br)cc3-4)CC2)cc1. The zero-order valence-corrected chi connectivity index (χ0v) is 19.4. The summed E-state index contributed by atoms with van der Waals surface area (Å²) in [7, 11) is 0. The molecular weight excluding hydrogens is 468 g/mol. The topological polar surface area (TPSA) is 34.0 Å². The highest BCUT2D eigenvalue weighted by Crippen LogP contribution is 2.38. The maximum atomic E-state index is 5.99. The zero-order chi connectivity index (χ0) is 19.8. The van der Waals surface area contributed by atoms with Gasteiger partial charge in [0.2, 0.25) is 0 Å². The lowest BCUT2D eigenvalue weighted by Gasteiger charge is -2.31. The number of hydrogen-bond acceptors (Lipinski definition) is 4. The Labute approximate surface area is 189 Å². The number of hydrogen-bond donors (Lipinski definition) is 0. The van der Waals surface area contributed by atoms with E-state index >= 15 is 0 Å². The predicted octanol–water partition coefficient (Wildman–Crippen LogP) is 5.79. The van der Waals surface area contributed by atoms with Crippen molar-refractivity contribution in [2.75, 3.05) is 19.6 Å². The summed E-state index contributed by atoms with van der Waals surface area (Å²) in [5.74, 6) is 2.79. The summed E-state index contributed by atoms with van der Waals surface area (Å²) in [6.45, 7) is 4.41. The Kier molecular flexibility index (Phi) is 5.78. The Morgan fingerprint density at radius 3 is 2.69 bits per heavy atom. The summed E-state index contributed by atoms with van der Waals surface area (Å²) in [6.07, 6.45) is 5.71. The van der Waals surface area contributed by atoms with Crippen LogP contribution in [-0.4, -0.2) is 39.3 Å². The van der Waals surface area contributed by atoms with Crippen LogP contribution in [0.3, 0.4) is 0 Å². The molecule has 1 saturated heterocycles. The quantitative estimate of drug-likeness (QED) is 0.463. The number of benzene rings is 1. The number of nitrogens with zero attached hydrogens (tertiary/aromatic N) is 4. The molecule has 152 valence electrons. The number of likely N-dealkylation sites (tertiary alicyclic amines) is 1. The van der Waals surface area contributed by atoms with Gasteiger partial charge in [-0.25, -0.2) is 0 Å². The molecule has 0 unspecified atom stereocenters. The fourth-order valence-corrected chi connectivity index (χ4v) is 6.42. The van der Waals surface area contributed by atoms with Gasteiger partial charge in [-0.1, -0.05) is 23.7 Å². The third kappa shape index (κ3) is 4.18. The Morgan fingerprint density at radius 2 is 1.90 bits per heavy atom. The van der Waals surface area contributed by atoms with Crippen LogP contribution in [0, 0.1) is 0 Å². The molecule has 0 spiro atoms. The molecule has 3 aromatic rings. The normalized spacial score (nSPS) is 17.7. The van der Waals surface area contributed by atoms with Gasteiger partial charge in [0.25, 0.3) is 0 Å². The number of aryl methyl sites for hydroxylation is 1. The molecule has 7 heteroatoms. The Balaban J connectivity index is 1.24. The number of aromatic nitrogens is 3. The highest BCUT2D eigenvalue weighted by atomic mass is 79.9. The Hall–Kier alpha value is -1.21. The van der Waals surface area contributed by atoms with Gasteiger partial charge in [0.15, 0.2) is 5.82 Å². The maximum Gasteiger partial charge on any atom is 0.165 e. The summed E-state index contributed by atoms with van der Waals surface area (Å²) in [4.78, 5) is 4.02. The number of rotatable bonds is 4. The number of thiophene rings is 1. The molecular formula is C22H24BrClN4S. The van der Waals surface area contributed by atoms with Crippen molar-refractivity contribution in [1.82, 2.24) is 19.7 Å². The summed E-state index contributed by atoms with van der Waals surface area (Å²) >= 11 is 11.5. The molecule has 1 aromatic carbocycles. The fourth-order valence-electron chi connectivity index (χ4n) is 4.56. The van der Waals surface area contributed by atoms with Crippen LogP contribution in [0.15, 0.2) is 34.1 Å². The molecule has 0 amide bonds. The van der Waals surface area contributed by atoms with Gasteiger partial charge in [0, 0.05) is 34.5 Å². The molecule has 2 aliphatic heterocycles. The molecule has 0 saturated carbocycles. The molecule has 2 aliphatic rings. The highest BCUT2D eigenvalue weighted by Gasteiger charge is 2.28. The van der Waals surface area contributed by atoms with Crippen LogP contribution in [0.2, 0.25) is 5.02 Å². The van der Waals surface area contributed by atoms with E-state index in [2.05, 4.69) is 53.8 Å². The van der Waals surface area contributed by atoms with E-state index in [1.54, 1.807) is 0 Å². The third-order valence-electron chi connectivity index (χ3n) is 6.17. The van der Waals surface area contributed by atoms with Crippen LogP contribution >= 0.6 is 38.9 Å². The molecule has 0 atom stereocenters. The number of fused-ring (bicyclic) bond motifs is 3.